The first-order chi connectivity index (χ1) is 16.7. The van der Waals surface area contributed by atoms with Crippen molar-refractivity contribution in [2.75, 3.05) is 13.7 Å². The van der Waals surface area contributed by atoms with Crippen molar-refractivity contribution in [3.8, 4) is 0 Å². The van der Waals surface area contributed by atoms with Gasteiger partial charge in [0, 0.05) is 23.5 Å². The Bertz CT molecular complexity index is 1220. The lowest BCUT2D eigenvalue weighted by Gasteiger charge is -2.30. The summed E-state index contributed by atoms with van der Waals surface area (Å²) in [5.41, 5.74) is 3.92. The smallest absolute Gasteiger partial charge is 0.336 e. The van der Waals surface area contributed by atoms with Crippen LogP contribution in [0.2, 0.25) is 0 Å². The van der Waals surface area contributed by atoms with Gasteiger partial charge in [-0.25, -0.2) is 9.59 Å². The second kappa shape index (κ2) is 11.3. The maximum absolute atomic E-state index is 13.2. The largest absolute Gasteiger partial charge is 0.466 e. The van der Waals surface area contributed by atoms with Crippen LogP contribution in [-0.2, 0) is 19.1 Å². The number of aryl methyl sites for hydroxylation is 1. The van der Waals surface area contributed by atoms with Crippen LogP contribution in [0.3, 0.4) is 0 Å². The summed E-state index contributed by atoms with van der Waals surface area (Å²) < 4.78 is 10.5. The number of dihydropyridines is 1. The molecule has 0 aliphatic carbocycles. The summed E-state index contributed by atoms with van der Waals surface area (Å²) in [6.45, 7) is 5.55. The Morgan fingerprint density at radius 3 is 2.31 bits per heavy atom. The van der Waals surface area contributed by atoms with Gasteiger partial charge in [0.25, 0.3) is 5.69 Å². The van der Waals surface area contributed by atoms with Gasteiger partial charge in [-0.2, -0.15) is 0 Å². The zero-order valence-electron chi connectivity index (χ0n) is 20.2. The SMILES string of the molecule is COC(=O)C1=C(C)NC(C)=C(C(=O)OCCC=Cc2ccc(C)cc2)C1c1cccc([N+](=O)[O-])c1. The average Bonchev–Trinajstić information content (AvgIpc) is 2.84. The Kier molecular flexibility index (Phi) is 8.20. The number of rotatable bonds is 8. The molecule has 0 bridgehead atoms. The molecule has 2 aromatic rings. The number of hydrogen-bond donors (Lipinski definition) is 1. The van der Waals surface area contributed by atoms with Crippen LogP contribution >= 0.6 is 0 Å². The summed E-state index contributed by atoms with van der Waals surface area (Å²) >= 11 is 0. The highest BCUT2D eigenvalue weighted by Gasteiger charge is 2.38. The summed E-state index contributed by atoms with van der Waals surface area (Å²) in [7, 11) is 1.25. The van der Waals surface area contributed by atoms with Crippen LogP contribution in [0, 0.1) is 17.0 Å². The maximum Gasteiger partial charge on any atom is 0.336 e. The zero-order chi connectivity index (χ0) is 25.5. The van der Waals surface area contributed by atoms with E-state index >= 15 is 0 Å². The molecular weight excluding hydrogens is 448 g/mol. The number of carbonyl (C=O) groups excluding carboxylic acids is 2. The molecule has 1 unspecified atom stereocenters. The highest BCUT2D eigenvalue weighted by molar-refractivity contribution is 5.99. The Hall–Kier alpha value is -4.20. The van der Waals surface area contributed by atoms with E-state index in [2.05, 4.69) is 5.32 Å². The number of carbonyl (C=O) groups is 2. The van der Waals surface area contributed by atoms with E-state index in [-0.39, 0.29) is 23.4 Å². The summed E-state index contributed by atoms with van der Waals surface area (Å²) in [4.78, 5) is 36.7. The predicted octanol–water partition coefficient (Wildman–Crippen LogP) is 4.96. The second-order valence-electron chi connectivity index (χ2n) is 8.22. The number of nitrogens with one attached hydrogen (secondary N) is 1. The molecule has 1 heterocycles. The zero-order valence-corrected chi connectivity index (χ0v) is 20.2. The van der Waals surface area contributed by atoms with Gasteiger partial charge in [0.2, 0.25) is 0 Å². The number of esters is 2. The molecule has 0 saturated heterocycles. The van der Waals surface area contributed by atoms with E-state index in [4.69, 9.17) is 9.47 Å². The van der Waals surface area contributed by atoms with Gasteiger partial charge in [-0.3, -0.25) is 10.1 Å². The molecule has 0 spiro atoms. The van der Waals surface area contributed by atoms with Gasteiger partial charge < -0.3 is 14.8 Å². The van der Waals surface area contributed by atoms with Crippen molar-refractivity contribution in [3.63, 3.8) is 0 Å². The van der Waals surface area contributed by atoms with Gasteiger partial charge in [-0.15, -0.1) is 0 Å². The van der Waals surface area contributed by atoms with Crippen molar-refractivity contribution < 1.29 is 24.0 Å². The number of methoxy groups -OCH3 is 1. The van der Waals surface area contributed by atoms with Gasteiger partial charge in [0.15, 0.2) is 0 Å². The lowest BCUT2D eigenvalue weighted by Crippen LogP contribution is -2.32. The quantitative estimate of drug-likeness (QED) is 0.248. The van der Waals surface area contributed by atoms with Crippen LogP contribution in [0.25, 0.3) is 6.08 Å². The standard InChI is InChI=1S/C27H28N2O6/c1-17-11-13-20(14-12-17)8-5-6-15-35-27(31)24-19(3)28-18(2)23(26(30)34-4)25(24)21-9-7-10-22(16-21)29(32)33/h5,7-14,16,25,28H,6,15H2,1-4H3. The fraction of sp³-hybridized carbons (Fsp3) is 0.259. The van der Waals surface area contributed by atoms with Crippen molar-refractivity contribution >= 4 is 23.7 Å². The molecule has 35 heavy (non-hydrogen) atoms. The monoisotopic (exact) mass is 476 g/mol. The fourth-order valence-corrected chi connectivity index (χ4v) is 3.99. The Morgan fingerprint density at radius 2 is 1.69 bits per heavy atom. The number of non-ortho nitro benzene ring substituents is 1. The Labute approximate surface area is 204 Å². The van der Waals surface area contributed by atoms with E-state index in [1.807, 2.05) is 43.3 Å². The van der Waals surface area contributed by atoms with Crippen LogP contribution in [0.15, 0.2) is 77.1 Å². The lowest BCUT2D eigenvalue weighted by molar-refractivity contribution is -0.384. The van der Waals surface area contributed by atoms with Gasteiger partial charge in [-0.05, 0) is 38.3 Å². The topological polar surface area (TPSA) is 108 Å². The number of allylic oxidation sites excluding steroid dienone is 2. The molecule has 0 saturated carbocycles. The molecule has 0 radical (unpaired) electrons. The summed E-state index contributed by atoms with van der Waals surface area (Å²) in [6, 6.07) is 13.9. The van der Waals surface area contributed by atoms with Crippen molar-refractivity contribution in [3.05, 3.63) is 104 Å². The molecule has 0 fully saturated rings. The predicted molar refractivity (Wildman–Crippen MR) is 132 cm³/mol. The molecular formula is C27H28N2O6. The molecule has 1 N–H and O–H groups in total. The van der Waals surface area contributed by atoms with Crippen molar-refractivity contribution in [2.45, 2.75) is 33.1 Å². The molecule has 1 aliphatic heterocycles. The van der Waals surface area contributed by atoms with E-state index in [0.29, 0.717) is 23.4 Å². The first-order valence-corrected chi connectivity index (χ1v) is 11.1. The van der Waals surface area contributed by atoms with E-state index in [0.717, 1.165) is 5.56 Å². The van der Waals surface area contributed by atoms with E-state index in [1.165, 1.54) is 30.9 Å². The minimum atomic E-state index is -0.876. The maximum atomic E-state index is 13.2. The second-order valence-corrected chi connectivity index (χ2v) is 8.22. The molecule has 1 aliphatic rings. The van der Waals surface area contributed by atoms with Crippen molar-refractivity contribution in [2.24, 2.45) is 0 Å². The Morgan fingerprint density at radius 1 is 1.03 bits per heavy atom. The van der Waals surface area contributed by atoms with Crippen LogP contribution in [0.5, 0.6) is 0 Å². The molecule has 8 heteroatoms. The van der Waals surface area contributed by atoms with Gasteiger partial charge in [0.1, 0.15) is 0 Å². The number of nitro groups is 1. The molecule has 0 aromatic heterocycles. The summed E-state index contributed by atoms with van der Waals surface area (Å²) in [6.07, 6.45) is 4.37. The molecule has 182 valence electrons. The lowest BCUT2D eigenvalue weighted by atomic mass is 9.80. The summed E-state index contributed by atoms with van der Waals surface area (Å²) in [5, 5.41) is 14.4. The number of hydrogen-bond acceptors (Lipinski definition) is 7. The fourth-order valence-electron chi connectivity index (χ4n) is 3.99. The van der Waals surface area contributed by atoms with E-state index in [1.54, 1.807) is 19.9 Å². The molecule has 8 nitrogen and oxygen atoms in total. The van der Waals surface area contributed by atoms with E-state index < -0.39 is 22.8 Å². The minimum Gasteiger partial charge on any atom is -0.466 e. The van der Waals surface area contributed by atoms with Crippen LogP contribution in [0.4, 0.5) is 5.69 Å². The van der Waals surface area contributed by atoms with Crippen LogP contribution < -0.4 is 5.32 Å². The highest BCUT2D eigenvalue weighted by Crippen LogP contribution is 2.40. The average molecular weight is 477 g/mol. The van der Waals surface area contributed by atoms with Gasteiger partial charge in [-0.1, -0.05) is 54.1 Å². The van der Waals surface area contributed by atoms with Crippen LogP contribution in [-0.4, -0.2) is 30.6 Å². The number of ether oxygens (including phenoxy) is 2. The van der Waals surface area contributed by atoms with Crippen molar-refractivity contribution in [1.29, 1.82) is 0 Å². The van der Waals surface area contributed by atoms with Crippen molar-refractivity contribution in [1.82, 2.24) is 5.32 Å². The van der Waals surface area contributed by atoms with Crippen LogP contribution in [0.1, 0.15) is 42.9 Å². The molecule has 0 amide bonds. The number of nitrogens with zero attached hydrogens (tertiary/aromatic N) is 1. The van der Waals surface area contributed by atoms with E-state index in [9.17, 15) is 19.7 Å². The molecule has 1 atom stereocenters. The first-order valence-electron chi connectivity index (χ1n) is 11.1. The molecule has 2 aromatic carbocycles. The highest BCUT2D eigenvalue weighted by atomic mass is 16.6. The first kappa shape index (κ1) is 25.4. The van der Waals surface area contributed by atoms with Gasteiger partial charge in [0.05, 0.1) is 35.7 Å². The third kappa shape index (κ3) is 6.03. The Balaban J connectivity index is 1.84. The minimum absolute atomic E-state index is 0.135. The molecule has 3 rings (SSSR count). The number of benzene rings is 2. The summed E-state index contributed by atoms with van der Waals surface area (Å²) in [5.74, 6) is -2.12. The number of nitro benzene ring substituents is 1. The normalized spacial score (nSPS) is 15.7. The third-order valence-corrected chi connectivity index (χ3v) is 5.71. The third-order valence-electron chi connectivity index (χ3n) is 5.71. The van der Waals surface area contributed by atoms with Gasteiger partial charge >= 0.3 is 11.9 Å².